The van der Waals surface area contributed by atoms with Gasteiger partial charge in [0.25, 0.3) is 0 Å². The van der Waals surface area contributed by atoms with Gasteiger partial charge in [-0.2, -0.15) is 0 Å². The highest BCUT2D eigenvalue weighted by molar-refractivity contribution is 4.75. The number of hydrogen-bond acceptors (Lipinski definition) is 2. The Balaban J connectivity index is 2.88. The second kappa shape index (κ2) is 12.4. The molecule has 2 nitrogen and oxygen atoms in total. The van der Waals surface area contributed by atoms with Gasteiger partial charge in [-0.15, -0.1) is 5.73 Å². The number of unbranched alkanes of at least 4 members (excludes halogenated alkanes) is 3. The molecule has 0 saturated carbocycles. The molecule has 0 aromatic rings. The molecule has 14 heavy (non-hydrogen) atoms. The second-order valence-electron chi connectivity index (χ2n) is 3.43. The van der Waals surface area contributed by atoms with Gasteiger partial charge < -0.3 is 10.6 Å². The molecular formula is C12H24N2. The molecular weight excluding hydrogens is 172 g/mol. The van der Waals surface area contributed by atoms with E-state index in [0.29, 0.717) is 0 Å². The van der Waals surface area contributed by atoms with Crippen LogP contribution in [0.3, 0.4) is 0 Å². The van der Waals surface area contributed by atoms with Crippen LogP contribution in [0.2, 0.25) is 0 Å². The predicted octanol–water partition coefficient (Wildman–Crippen LogP) is 2.43. The lowest BCUT2D eigenvalue weighted by Gasteiger charge is -2.05. The summed E-state index contributed by atoms with van der Waals surface area (Å²) in [5.41, 5.74) is 2.79. The lowest BCUT2D eigenvalue weighted by atomic mass is 10.2. The summed E-state index contributed by atoms with van der Waals surface area (Å²) >= 11 is 0. The standard InChI is InChI=1S/C12H24N2/c1-3-5-7-8-9-11-14-12-13-10-6-4-2/h5,13-14H,1,4,6-12H2,2H3. The predicted molar refractivity (Wildman–Crippen MR) is 63.3 cm³/mol. The van der Waals surface area contributed by atoms with Gasteiger partial charge in [0.15, 0.2) is 0 Å². The maximum Gasteiger partial charge on any atom is 0.0454 e. The first kappa shape index (κ1) is 13.4. The summed E-state index contributed by atoms with van der Waals surface area (Å²) in [5, 5.41) is 6.71. The Hall–Kier alpha value is -0.560. The third-order valence-electron chi connectivity index (χ3n) is 2.05. The zero-order valence-electron chi connectivity index (χ0n) is 9.44. The summed E-state index contributed by atoms with van der Waals surface area (Å²) in [6.07, 6.45) is 8.10. The Morgan fingerprint density at radius 2 is 1.86 bits per heavy atom. The fraction of sp³-hybridized carbons (Fsp3) is 0.750. The van der Waals surface area contributed by atoms with Crippen LogP contribution < -0.4 is 10.6 Å². The van der Waals surface area contributed by atoms with E-state index in [2.05, 4.69) is 29.9 Å². The highest BCUT2D eigenvalue weighted by Gasteiger charge is 1.87. The van der Waals surface area contributed by atoms with Crippen molar-refractivity contribution in [1.82, 2.24) is 10.6 Å². The summed E-state index contributed by atoms with van der Waals surface area (Å²) in [5.74, 6) is 0. The lowest BCUT2D eigenvalue weighted by molar-refractivity contribution is 0.549. The van der Waals surface area contributed by atoms with Crippen molar-refractivity contribution in [3.05, 3.63) is 18.4 Å². The van der Waals surface area contributed by atoms with Crippen LogP contribution >= 0.6 is 0 Å². The number of allylic oxidation sites excluding steroid dienone is 1. The second-order valence-corrected chi connectivity index (χ2v) is 3.43. The molecule has 0 bridgehead atoms. The molecule has 0 atom stereocenters. The van der Waals surface area contributed by atoms with Crippen molar-refractivity contribution in [2.75, 3.05) is 19.8 Å². The summed E-state index contributed by atoms with van der Waals surface area (Å²) in [4.78, 5) is 0. The van der Waals surface area contributed by atoms with Crippen molar-refractivity contribution in [3.8, 4) is 0 Å². The van der Waals surface area contributed by atoms with Crippen LogP contribution in [-0.2, 0) is 0 Å². The van der Waals surface area contributed by atoms with Gasteiger partial charge in [0.2, 0.25) is 0 Å². The van der Waals surface area contributed by atoms with Crippen LogP contribution in [0.5, 0.6) is 0 Å². The highest BCUT2D eigenvalue weighted by Crippen LogP contribution is 1.93. The minimum atomic E-state index is 0.942. The molecule has 0 aliphatic rings. The van der Waals surface area contributed by atoms with Gasteiger partial charge in [-0.1, -0.05) is 19.9 Å². The molecule has 0 unspecified atom stereocenters. The zero-order chi connectivity index (χ0) is 10.5. The smallest absolute Gasteiger partial charge is 0.0454 e. The number of nitrogens with one attached hydrogen (secondary N) is 2. The molecule has 0 fully saturated rings. The Kier molecular flexibility index (Phi) is 11.9. The van der Waals surface area contributed by atoms with E-state index in [9.17, 15) is 0 Å². The number of rotatable bonds is 10. The van der Waals surface area contributed by atoms with E-state index in [1.54, 1.807) is 0 Å². The molecule has 0 aliphatic carbocycles. The molecule has 2 heteroatoms. The van der Waals surface area contributed by atoms with Crippen molar-refractivity contribution in [1.29, 1.82) is 0 Å². The molecule has 0 saturated heterocycles. The molecule has 0 aromatic carbocycles. The zero-order valence-corrected chi connectivity index (χ0v) is 9.44. The highest BCUT2D eigenvalue weighted by atomic mass is 15.0. The maximum atomic E-state index is 3.53. The first-order valence-electron chi connectivity index (χ1n) is 5.67. The fourth-order valence-corrected chi connectivity index (χ4v) is 1.17. The summed E-state index contributed by atoms with van der Waals surface area (Å²) in [6.45, 7) is 8.91. The molecule has 0 radical (unpaired) electrons. The molecule has 2 N–H and O–H groups in total. The monoisotopic (exact) mass is 196 g/mol. The van der Waals surface area contributed by atoms with Gasteiger partial charge in [0, 0.05) is 6.67 Å². The third-order valence-corrected chi connectivity index (χ3v) is 2.05. The van der Waals surface area contributed by atoms with Crippen molar-refractivity contribution >= 4 is 0 Å². The molecule has 82 valence electrons. The molecule has 0 aliphatic heterocycles. The van der Waals surface area contributed by atoms with E-state index in [-0.39, 0.29) is 0 Å². The largest absolute Gasteiger partial charge is 0.304 e. The molecule has 0 aromatic heterocycles. The molecule has 0 rings (SSSR count). The quantitative estimate of drug-likeness (QED) is 0.318. The molecule has 0 amide bonds. The maximum absolute atomic E-state index is 3.53. The van der Waals surface area contributed by atoms with Crippen LogP contribution in [0, 0.1) is 0 Å². The summed E-state index contributed by atoms with van der Waals surface area (Å²) in [6, 6.07) is 0. The van der Waals surface area contributed by atoms with E-state index in [1.807, 2.05) is 6.08 Å². The minimum absolute atomic E-state index is 0.942. The van der Waals surface area contributed by atoms with Crippen LogP contribution in [-0.4, -0.2) is 19.8 Å². The topological polar surface area (TPSA) is 24.1 Å². The van der Waals surface area contributed by atoms with Gasteiger partial charge >= 0.3 is 0 Å². The van der Waals surface area contributed by atoms with Crippen LogP contribution in [0.15, 0.2) is 18.4 Å². The van der Waals surface area contributed by atoms with Crippen LogP contribution in [0.25, 0.3) is 0 Å². The van der Waals surface area contributed by atoms with Crippen molar-refractivity contribution < 1.29 is 0 Å². The average molecular weight is 196 g/mol. The van der Waals surface area contributed by atoms with E-state index in [1.165, 1.54) is 25.7 Å². The van der Waals surface area contributed by atoms with Crippen molar-refractivity contribution in [2.24, 2.45) is 0 Å². The molecule has 0 spiro atoms. The van der Waals surface area contributed by atoms with Gasteiger partial charge in [-0.05, 0) is 44.8 Å². The number of hydrogen-bond donors (Lipinski definition) is 2. The summed E-state index contributed by atoms with van der Waals surface area (Å²) in [7, 11) is 0. The fourth-order valence-electron chi connectivity index (χ4n) is 1.17. The average Bonchev–Trinajstić information content (AvgIpc) is 2.21. The van der Waals surface area contributed by atoms with E-state index < -0.39 is 0 Å². The Labute approximate surface area is 88.5 Å². The van der Waals surface area contributed by atoms with E-state index in [4.69, 9.17) is 0 Å². The van der Waals surface area contributed by atoms with Crippen molar-refractivity contribution in [3.63, 3.8) is 0 Å². The first-order valence-corrected chi connectivity index (χ1v) is 5.67. The lowest BCUT2D eigenvalue weighted by Crippen LogP contribution is -2.30. The van der Waals surface area contributed by atoms with Gasteiger partial charge in [0.1, 0.15) is 0 Å². The Morgan fingerprint density at radius 1 is 1.14 bits per heavy atom. The van der Waals surface area contributed by atoms with Crippen LogP contribution in [0.4, 0.5) is 0 Å². The van der Waals surface area contributed by atoms with Crippen molar-refractivity contribution in [2.45, 2.75) is 39.0 Å². The van der Waals surface area contributed by atoms with Gasteiger partial charge in [-0.25, -0.2) is 0 Å². The first-order chi connectivity index (χ1) is 6.91. The SMILES string of the molecule is C=C=CCCCCNCNCCCC. The summed E-state index contributed by atoms with van der Waals surface area (Å²) < 4.78 is 0. The Bertz CT molecular complexity index is 148. The normalized spacial score (nSPS) is 9.79. The van der Waals surface area contributed by atoms with E-state index >= 15 is 0 Å². The minimum Gasteiger partial charge on any atom is -0.304 e. The Morgan fingerprint density at radius 3 is 2.50 bits per heavy atom. The van der Waals surface area contributed by atoms with E-state index in [0.717, 1.165) is 26.2 Å². The molecule has 0 heterocycles. The van der Waals surface area contributed by atoms with Gasteiger partial charge in [-0.3, -0.25) is 0 Å². The third kappa shape index (κ3) is 11.4. The van der Waals surface area contributed by atoms with Gasteiger partial charge in [0.05, 0.1) is 0 Å². The van der Waals surface area contributed by atoms with Crippen LogP contribution in [0.1, 0.15) is 39.0 Å².